The number of benzene rings is 1. The first-order valence-corrected chi connectivity index (χ1v) is 9.42. The standard InChI is InChI=1S/C13H17Br2NO2S/c1-10-5-3-2-4-8-16(10)19(17,18)13-7-6-11(14)9-12(13)15/h6-7,9-10H,2-5,8H2,1H3. The molecule has 1 atom stereocenters. The van der Waals surface area contributed by atoms with Gasteiger partial charge in [0.05, 0.1) is 4.90 Å². The molecule has 6 heteroatoms. The predicted molar refractivity (Wildman–Crippen MR) is 83.7 cm³/mol. The van der Waals surface area contributed by atoms with Crippen molar-refractivity contribution >= 4 is 41.9 Å². The third kappa shape index (κ3) is 3.40. The number of nitrogens with zero attached hydrogens (tertiary/aromatic N) is 1. The number of halogens is 2. The monoisotopic (exact) mass is 409 g/mol. The minimum absolute atomic E-state index is 0.0723. The first-order chi connectivity index (χ1) is 8.93. The molecule has 1 aromatic rings. The normalized spacial score (nSPS) is 22.2. The largest absolute Gasteiger partial charge is 0.244 e. The molecule has 1 heterocycles. The zero-order valence-corrected chi connectivity index (χ0v) is 14.8. The molecule has 1 aliphatic rings. The van der Waals surface area contributed by atoms with E-state index in [9.17, 15) is 8.42 Å². The van der Waals surface area contributed by atoms with Crippen LogP contribution in [0.4, 0.5) is 0 Å². The smallest absolute Gasteiger partial charge is 0.207 e. The fraction of sp³-hybridized carbons (Fsp3) is 0.538. The molecule has 0 bridgehead atoms. The van der Waals surface area contributed by atoms with Crippen LogP contribution >= 0.6 is 31.9 Å². The van der Waals surface area contributed by atoms with Crippen molar-refractivity contribution in [3.63, 3.8) is 0 Å². The van der Waals surface area contributed by atoms with Gasteiger partial charge in [-0.05, 0) is 53.9 Å². The Hall–Kier alpha value is 0.0900. The lowest BCUT2D eigenvalue weighted by molar-refractivity contribution is 0.342. The summed E-state index contributed by atoms with van der Waals surface area (Å²) in [5, 5.41) is 0. The van der Waals surface area contributed by atoms with E-state index < -0.39 is 10.0 Å². The first-order valence-electron chi connectivity index (χ1n) is 6.40. The fourth-order valence-electron chi connectivity index (χ4n) is 2.42. The van der Waals surface area contributed by atoms with Crippen molar-refractivity contribution in [1.82, 2.24) is 4.31 Å². The number of rotatable bonds is 2. The van der Waals surface area contributed by atoms with Gasteiger partial charge in [-0.25, -0.2) is 8.42 Å². The second kappa shape index (κ2) is 6.24. The zero-order valence-electron chi connectivity index (χ0n) is 10.8. The molecule has 1 saturated heterocycles. The Labute approximate surface area is 131 Å². The van der Waals surface area contributed by atoms with E-state index in [1.807, 2.05) is 6.92 Å². The third-order valence-corrected chi connectivity index (χ3v) is 6.96. The second-order valence-electron chi connectivity index (χ2n) is 4.89. The highest BCUT2D eigenvalue weighted by molar-refractivity contribution is 9.11. The Morgan fingerprint density at radius 2 is 1.95 bits per heavy atom. The molecule has 0 aliphatic carbocycles. The Kier molecular flexibility index (Phi) is 5.09. The third-order valence-electron chi connectivity index (χ3n) is 3.47. The van der Waals surface area contributed by atoms with Crippen molar-refractivity contribution < 1.29 is 8.42 Å². The van der Waals surface area contributed by atoms with E-state index in [0.29, 0.717) is 15.9 Å². The lowest BCUT2D eigenvalue weighted by atomic mass is 10.1. The van der Waals surface area contributed by atoms with Crippen LogP contribution in [-0.4, -0.2) is 25.3 Å². The van der Waals surface area contributed by atoms with Crippen LogP contribution in [-0.2, 0) is 10.0 Å². The molecule has 0 N–H and O–H groups in total. The molecule has 0 spiro atoms. The van der Waals surface area contributed by atoms with E-state index in [2.05, 4.69) is 31.9 Å². The van der Waals surface area contributed by atoms with Crippen LogP contribution in [0.25, 0.3) is 0 Å². The molecular formula is C13H17Br2NO2S. The van der Waals surface area contributed by atoms with E-state index in [-0.39, 0.29) is 6.04 Å². The van der Waals surface area contributed by atoms with Crippen molar-refractivity contribution in [1.29, 1.82) is 0 Å². The Bertz CT molecular complexity index is 560. The quantitative estimate of drug-likeness (QED) is 0.733. The van der Waals surface area contributed by atoms with Gasteiger partial charge >= 0.3 is 0 Å². The van der Waals surface area contributed by atoms with Crippen molar-refractivity contribution in [2.75, 3.05) is 6.54 Å². The highest BCUT2D eigenvalue weighted by Gasteiger charge is 2.31. The van der Waals surface area contributed by atoms with Gasteiger partial charge in [-0.3, -0.25) is 0 Å². The van der Waals surface area contributed by atoms with E-state index in [4.69, 9.17) is 0 Å². The maximum Gasteiger partial charge on any atom is 0.244 e. The SMILES string of the molecule is CC1CCCCCN1S(=O)(=O)c1ccc(Br)cc1Br. The Morgan fingerprint density at radius 1 is 1.21 bits per heavy atom. The van der Waals surface area contributed by atoms with Crippen LogP contribution in [0.2, 0.25) is 0 Å². The highest BCUT2D eigenvalue weighted by atomic mass is 79.9. The maximum atomic E-state index is 12.8. The highest BCUT2D eigenvalue weighted by Crippen LogP contribution is 2.31. The summed E-state index contributed by atoms with van der Waals surface area (Å²) in [6.45, 7) is 2.61. The zero-order chi connectivity index (χ0) is 14.0. The minimum atomic E-state index is -3.42. The molecule has 19 heavy (non-hydrogen) atoms. The summed E-state index contributed by atoms with van der Waals surface area (Å²) in [4.78, 5) is 0.351. The minimum Gasteiger partial charge on any atom is -0.207 e. The van der Waals surface area contributed by atoms with Gasteiger partial charge in [0.25, 0.3) is 0 Å². The second-order valence-corrected chi connectivity index (χ2v) is 8.52. The van der Waals surface area contributed by atoms with E-state index in [0.717, 1.165) is 30.2 Å². The number of sulfonamides is 1. The Morgan fingerprint density at radius 3 is 2.63 bits per heavy atom. The van der Waals surface area contributed by atoms with E-state index in [1.165, 1.54) is 0 Å². The summed E-state index contributed by atoms with van der Waals surface area (Å²) < 4.78 is 28.6. The molecule has 0 aromatic heterocycles. The maximum absolute atomic E-state index is 12.8. The van der Waals surface area contributed by atoms with Crippen molar-refractivity contribution in [3.8, 4) is 0 Å². The van der Waals surface area contributed by atoms with Crippen molar-refractivity contribution in [2.24, 2.45) is 0 Å². The van der Waals surface area contributed by atoms with Gasteiger partial charge in [0.1, 0.15) is 0 Å². The molecule has 2 rings (SSSR count). The average molecular weight is 411 g/mol. The van der Waals surface area contributed by atoms with Crippen LogP contribution in [0, 0.1) is 0 Å². The summed E-state index contributed by atoms with van der Waals surface area (Å²) in [5.41, 5.74) is 0. The van der Waals surface area contributed by atoms with E-state index in [1.54, 1.807) is 22.5 Å². The lowest BCUT2D eigenvalue weighted by Gasteiger charge is -2.26. The van der Waals surface area contributed by atoms with Crippen molar-refractivity contribution in [2.45, 2.75) is 43.5 Å². The summed E-state index contributed by atoms with van der Waals surface area (Å²) in [6, 6.07) is 5.26. The Balaban J connectivity index is 2.40. The van der Waals surface area contributed by atoms with Gasteiger partial charge in [-0.15, -0.1) is 0 Å². The molecule has 1 unspecified atom stereocenters. The van der Waals surface area contributed by atoms with Crippen molar-refractivity contribution in [3.05, 3.63) is 27.1 Å². The number of hydrogen-bond donors (Lipinski definition) is 0. The first kappa shape index (κ1) is 15.5. The van der Waals surface area contributed by atoms with Gasteiger partial charge < -0.3 is 0 Å². The molecule has 0 amide bonds. The van der Waals surface area contributed by atoms with Crippen LogP contribution < -0.4 is 0 Å². The molecule has 1 aromatic carbocycles. The van der Waals surface area contributed by atoms with Gasteiger partial charge in [0, 0.05) is 21.5 Å². The molecule has 1 aliphatic heterocycles. The number of hydrogen-bond acceptors (Lipinski definition) is 2. The topological polar surface area (TPSA) is 37.4 Å². The molecule has 3 nitrogen and oxygen atoms in total. The molecule has 106 valence electrons. The average Bonchev–Trinajstić information content (AvgIpc) is 2.53. The fourth-order valence-corrected chi connectivity index (χ4v) is 5.82. The van der Waals surface area contributed by atoms with Crippen LogP contribution in [0.5, 0.6) is 0 Å². The van der Waals surface area contributed by atoms with Gasteiger partial charge in [-0.1, -0.05) is 28.8 Å². The summed E-state index contributed by atoms with van der Waals surface area (Å²) in [6.07, 6.45) is 4.09. The van der Waals surface area contributed by atoms with Crippen LogP contribution in [0.3, 0.4) is 0 Å². The lowest BCUT2D eigenvalue weighted by Crippen LogP contribution is -2.38. The summed E-state index contributed by atoms with van der Waals surface area (Å²) in [7, 11) is -3.42. The van der Waals surface area contributed by atoms with Gasteiger partial charge in [0.2, 0.25) is 10.0 Å². The van der Waals surface area contributed by atoms with E-state index >= 15 is 0 Å². The van der Waals surface area contributed by atoms with Gasteiger partial charge in [0.15, 0.2) is 0 Å². The molecular weight excluding hydrogens is 394 g/mol. The van der Waals surface area contributed by atoms with Crippen LogP contribution in [0.1, 0.15) is 32.6 Å². The summed E-state index contributed by atoms with van der Waals surface area (Å²) in [5.74, 6) is 0. The van der Waals surface area contributed by atoms with Gasteiger partial charge in [-0.2, -0.15) is 4.31 Å². The summed E-state index contributed by atoms with van der Waals surface area (Å²) >= 11 is 6.70. The predicted octanol–water partition coefficient (Wildman–Crippen LogP) is 4.16. The molecule has 0 saturated carbocycles. The molecule has 0 radical (unpaired) electrons. The van der Waals surface area contributed by atoms with Crippen LogP contribution in [0.15, 0.2) is 32.0 Å². The molecule has 1 fully saturated rings.